The summed E-state index contributed by atoms with van der Waals surface area (Å²) >= 11 is 3.43. The Balaban J connectivity index is 2.01. The van der Waals surface area contributed by atoms with Gasteiger partial charge in [0.15, 0.2) is 5.16 Å². The van der Waals surface area contributed by atoms with Gasteiger partial charge >= 0.3 is 0 Å². The summed E-state index contributed by atoms with van der Waals surface area (Å²) in [5.41, 5.74) is 1.19. The number of aliphatic hydroxyl groups excluding tert-OH is 1. The minimum atomic E-state index is -0.421. The van der Waals surface area contributed by atoms with Crippen LogP contribution >= 0.6 is 23.1 Å². The molecular weight excluding hydrogens is 366 g/mol. The van der Waals surface area contributed by atoms with Crippen molar-refractivity contribution in [2.24, 2.45) is 0 Å². The van der Waals surface area contributed by atoms with Gasteiger partial charge in [-0.2, -0.15) is 0 Å². The van der Waals surface area contributed by atoms with Crippen LogP contribution in [0.3, 0.4) is 0 Å². The highest BCUT2D eigenvalue weighted by Gasteiger charge is 2.33. The Kier molecular flexibility index (Phi) is 6.43. The smallest absolute Gasteiger partial charge is 0.190 e. The number of thiophene rings is 1. The Bertz CT molecular complexity index is 763. The van der Waals surface area contributed by atoms with Gasteiger partial charge in [0.05, 0.1) is 23.7 Å². The van der Waals surface area contributed by atoms with Crippen molar-refractivity contribution in [1.29, 1.82) is 0 Å². The van der Waals surface area contributed by atoms with Gasteiger partial charge in [0, 0.05) is 23.6 Å². The van der Waals surface area contributed by atoms with Crippen molar-refractivity contribution in [2.75, 3.05) is 17.6 Å². The van der Waals surface area contributed by atoms with Crippen LogP contribution in [0.2, 0.25) is 0 Å². The van der Waals surface area contributed by atoms with E-state index in [1.54, 1.807) is 30.0 Å². The predicted molar refractivity (Wildman–Crippen MR) is 110 cm³/mol. The molecule has 0 spiro atoms. The Morgan fingerprint density at radius 1 is 1.38 bits per heavy atom. The lowest BCUT2D eigenvalue weighted by Gasteiger charge is -2.33. The lowest BCUT2D eigenvalue weighted by atomic mass is 9.90. The maximum Gasteiger partial charge on any atom is 0.190 e. The first kappa shape index (κ1) is 19.9. The van der Waals surface area contributed by atoms with Crippen LogP contribution in [0.5, 0.6) is 0 Å². The van der Waals surface area contributed by atoms with Crippen molar-refractivity contribution in [3.8, 4) is 0 Å². The third kappa shape index (κ3) is 4.32. The third-order valence-corrected chi connectivity index (χ3v) is 6.89. The zero-order chi connectivity index (χ0) is 18.7. The van der Waals surface area contributed by atoms with Crippen LogP contribution in [0.1, 0.15) is 57.4 Å². The molecule has 2 atom stereocenters. The first-order valence-electron chi connectivity index (χ1n) is 9.46. The molecule has 5 nitrogen and oxygen atoms in total. The second-order valence-electron chi connectivity index (χ2n) is 7.24. The van der Waals surface area contributed by atoms with Gasteiger partial charge in [0.1, 0.15) is 10.6 Å². The van der Waals surface area contributed by atoms with E-state index >= 15 is 0 Å². The van der Waals surface area contributed by atoms with Gasteiger partial charge in [-0.25, -0.2) is 9.97 Å². The van der Waals surface area contributed by atoms with E-state index in [0.29, 0.717) is 13.2 Å². The van der Waals surface area contributed by atoms with Crippen LogP contribution < -0.4 is 5.32 Å². The number of unbranched alkanes of at least 4 members (excludes halogenated alkanes) is 1. The van der Waals surface area contributed by atoms with Gasteiger partial charge in [-0.1, -0.05) is 32.0 Å². The van der Waals surface area contributed by atoms with Crippen molar-refractivity contribution in [3.63, 3.8) is 0 Å². The molecule has 0 unspecified atom stereocenters. The maximum absolute atomic E-state index is 9.71. The van der Waals surface area contributed by atoms with E-state index in [1.165, 1.54) is 16.9 Å². The molecule has 26 heavy (non-hydrogen) atoms. The van der Waals surface area contributed by atoms with E-state index in [4.69, 9.17) is 14.7 Å². The van der Waals surface area contributed by atoms with Crippen molar-refractivity contribution >= 4 is 39.1 Å². The van der Waals surface area contributed by atoms with Gasteiger partial charge in [0.2, 0.25) is 0 Å². The fraction of sp³-hybridized carbons (Fsp3) is 0.684. The molecule has 144 valence electrons. The number of anilines is 1. The summed E-state index contributed by atoms with van der Waals surface area (Å²) in [4.78, 5) is 11.9. The highest BCUT2D eigenvalue weighted by atomic mass is 32.2. The second-order valence-corrected chi connectivity index (χ2v) is 9.39. The molecule has 2 aromatic rings. The molecule has 7 heteroatoms. The fourth-order valence-corrected chi connectivity index (χ4v) is 5.11. The number of fused-ring (bicyclic) bond motifs is 3. The van der Waals surface area contributed by atoms with Gasteiger partial charge in [-0.3, -0.25) is 0 Å². The molecule has 3 heterocycles. The first-order chi connectivity index (χ1) is 12.5. The van der Waals surface area contributed by atoms with Crippen LogP contribution in [-0.2, 0) is 17.8 Å². The third-order valence-electron chi connectivity index (χ3n) is 4.86. The van der Waals surface area contributed by atoms with Crippen LogP contribution in [0.4, 0.5) is 5.82 Å². The molecule has 1 aliphatic rings. The lowest BCUT2D eigenvalue weighted by molar-refractivity contribution is -0.0542. The first-order valence-corrected chi connectivity index (χ1v) is 11.3. The van der Waals surface area contributed by atoms with Crippen LogP contribution in [0.15, 0.2) is 5.16 Å². The van der Waals surface area contributed by atoms with Gasteiger partial charge < -0.3 is 15.2 Å². The van der Waals surface area contributed by atoms with Crippen molar-refractivity contribution in [3.05, 3.63) is 10.4 Å². The quantitative estimate of drug-likeness (QED) is 0.386. The van der Waals surface area contributed by atoms with E-state index in [0.717, 1.165) is 46.2 Å². The number of rotatable bonds is 8. The highest BCUT2D eigenvalue weighted by Crippen LogP contribution is 2.42. The average molecular weight is 396 g/mol. The summed E-state index contributed by atoms with van der Waals surface area (Å²) in [6.45, 7) is 9.46. The monoisotopic (exact) mass is 395 g/mol. The summed E-state index contributed by atoms with van der Waals surface area (Å²) in [6, 6.07) is 0. The molecule has 0 saturated carbocycles. The Labute approximate surface area is 164 Å². The maximum atomic E-state index is 9.71. The van der Waals surface area contributed by atoms with Gasteiger partial charge in [-0.15, -0.1) is 11.3 Å². The minimum Gasteiger partial charge on any atom is -0.392 e. The SMILES string of the molecule is CCCCSc1nc(NC[C@H](C)O)c2c3c(sc2n1)CO[C@@](C)(CC)C3. The molecule has 0 aliphatic carbocycles. The van der Waals surface area contributed by atoms with E-state index < -0.39 is 6.10 Å². The molecule has 3 rings (SSSR count). The van der Waals surface area contributed by atoms with Crippen molar-refractivity contribution < 1.29 is 9.84 Å². The number of aromatic nitrogens is 2. The number of hydrogen-bond donors (Lipinski definition) is 2. The molecule has 0 saturated heterocycles. The number of ether oxygens (including phenoxy) is 1. The van der Waals surface area contributed by atoms with Gasteiger partial charge in [-0.05, 0) is 32.3 Å². The van der Waals surface area contributed by atoms with Gasteiger partial charge in [0.25, 0.3) is 0 Å². The number of aliphatic hydroxyl groups is 1. The molecule has 2 aromatic heterocycles. The second kappa shape index (κ2) is 8.42. The predicted octanol–water partition coefficient (Wildman–Crippen LogP) is 4.62. The Hall–Kier alpha value is -0.890. The Morgan fingerprint density at radius 3 is 2.88 bits per heavy atom. The normalized spacial score (nSPS) is 21.0. The van der Waals surface area contributed by atoms with E-state index in [9.17, 15) is 5.11 Å². The zero-order valence-corrected chi connectivity index (χ0v) is 17.7. The molecule has 2 N–H and O–H groups in total. The summed E-state index contributed by atoms with van der Waals surface area (Å²) in [6.07, 6.45) is 3.77. The fourth-order valence-electron chi connectivity index (χ4n) is 3.02. The number of hydrogen-bond acceptors (Lipinski definition) is 7. The average Bonchev–Trinajstić information content (AvgIpc) is 2.97. The largest absolute Gasteiger partial charge is 0.392 e. The van der Waals surface area contributed by atoms with Crippen molar-refractivity contribution in [2.45, 2.75) is 76.8 Å². The molecule has 0 aromatic carbocycles. The molecular formula is C19H29N3O2S2. The van der Waals surface area contributed by atoms with E-state index in [-0.39, 0.29) is 5.60 Å². The zero-order valence-electron chi connectivity index (χ0n) is 16.1. The minimum absolute atomic E-state index is 0.128. The molecule has 0 radical (unpaired) electrons. The van der Waals surface area contributed by atoms with Crippen LogP contribution in [-0.4, -0.2) is 39.1 Å². The molecule has 1 aliphatic heterocycles. The molecule has 0 bridgehead atoms. The van der Waals surface area contributed by atoms with Crippen molar-refractivity contribution in [1.82, 2.24) is 9.97 Å². The number of nitrogens with one attached hydrogen (secondary N) is 1. The van der Waals surface area contributed by atoms with Crippen LogP contribution in [0.25, 0.3) is 10.2 Å². The van der Waals surface area contributed by atoms with Crippen LogP contribution in [0, 0.1) is 0 Å². The molecule has 0 fully saturated rings. The number of thioether (sulfide) groups is 1. The number of nitrogens with zero attached hydrogens (tertiary/aromatic N) is 2. The topological polar surface area (TPSA) is 67.3 Å². The van der Waals surface area contributed by atoms with E-state index in [1.807, 2.05) is 0 Å². The standard InChI is InChI=1S/C19H29N3O2S2/c1-5-7-8-25-18-21-16(20-10-12(3)23)15-13-9-19(4,6-2)24-11-14(13)26-17(15)22-18/h12,23H,5-11H2,1-4H3,(H,20,21,22)/t12-,19-/m0/s1. The summed E-state index contributed by atoms with van der Waals surface area (Å²) < 4.78 is 6.12. The lowest BCUT2D eigenvalue weighted by Crippen LogP contribution is -2.34. The summed E-state index contributed by atoms with van der Waals surface area (Å²) in [5, 5.41) is 15.0. The van der Waals surface area contributed by atoms with E-state index in [2.05, 4.69) is 26.1 Å². The Morgan fingerprint density at radius 2 is 2.19 bits per heavy atom. The summed E-state index contributed by atoms with van der Waals surface area (Å²) in [5.74, 6) is 1.88. The molecule has 0 amide bonds. The summed E-state index contributed by atoms with van der Waals surface area (Å²) in [7, 11) is 0. The highest BCUT2D eigenvalue weighted by molar-refractivity contribution is 7.99.